The number of nitrogens with one attached hydrogen (secondary N) is 1. The minimum absolute atomic E-state index is 0.405. The number of hydrogen-bond donors (Lipinski definition) is 1. The minimum atomic E-state index is 0.405. The molecule has 128 valence electrons. The molecule has 0 radical (unpaired) electrons. The Kier molecular flexibility index (Phi) is 6.22. The fraction of sp³-hybridized carbons (Fsp3) is 0.667. The first-order valence-electron chi connectivity index (χ1n) is 8.58. The molecule has 2 saturated heterocycles. The van der Waals surface area contributed by atoms with Crippen LogP contribution in [-0.2, 0) is 4.74 Å². The van der Waals surface area contributed by atoms with Crippen molar-refractivity contribution in [3.63, 3.8) is 0 Å². The summed E-state index contributed by atoms with van der Waals surface area (Å²) in [5.74, 6) is 2.20. The van der Waals surface area contributed by atoms with Crippen molar-refractivity contribution >= 4 is 11.8 Å². The average molecular weight is 337 g/mol. The molecular weight excluding hydrogens is 308 g/mol. The highest BCUT2D eigenvalue weighted by Gasteiger charge is 2.27. The van der Waals surface area contributed by atoms with Gasteiger partial charge < -0.3 is 14.8 Å². The van der Waals surface area contributed by atoms with Gasteiger partial charge in [-0.15, -0.1) is 0 Å². The van der Waals surface area contributed by atoms with Crippen LogP contribution >= 0.6 is 11.8 Å². The Hall–Kier alpha value is -0.750. The minimum Gasteiger partial charge on any atom is -0.497 e. The standard InChI is InChI=1S/C18H28N2O2S/c1-14-17(7-12-23-14)19-13-18(20-8-10-22-11-9-20)15-3-5-16(21-2)6-4-15/h3-6,14,17-19H,7-13H2,1-2H3/t14-,17+,18-/m0/s1. The van der Waals surface area contributed by atoms with Gasteiger partial charge in [0.1, 0.15) is 5.75 Å². The van der Waals surface area contributed by atoms with Crippen LogP contribution in [0.4, 0.5) is 0 Å². The predicted octanol–water partition coefficient (Wildman–Crippen LogP) is 2.55. The Morgan fingerprint density at radius 3 is 2.65 bits per heavy atom. The second kappa shape index (κ2) is 8.38. The number of morpholine rings is 1. The summed E-state index contributed by atoms with van der Waals surface area (Å²) in [5, 5.41) is 4.54. The van der Waals surface area contributed by atoms with E-state index in [1.807, 2.05) is 0 Å². The highest BCUT2D eigenvalue weighted by Crippen LogP contribution is 2.28. The van der Waals surface area contributed by atoms with Crippen molar-refractivity contribution in [1.29, 1.82) is 0 Å². The van der Waals surface area contributed by atoms with Crippen molar-refractivity contribution in [2.75, 3.05) is 45.7 Å². The zero-order valence-corrected chi connectivity index (χ0v) is 15.0. The van der Waals surface area contributed by atoms with Gasteiger partial charge in [-0.1, -0.05) is 19.1 Å². The van der Waals surface area contributed by atoms with E-state index in [4.69, 9.17) is 9.47 Å². The predicted molar refractivity (Wildman–Crippen MR) is 96.5 cm³/mol. The lowest BCUT2D eigenvalue weighted by molar-refractivity contribution is 0.0156. The Balaban J connectivity index is 1.69. The molecule has 0 saturated carbocycles. The molecule has 2 heterocycles. The fourth-order valence-corrected chi connectivity index (χ4v) is 4.66. The number of benzene rings is 1. The van der Waals surface area contributed by atoms with Crippen molar-refractivity contribution in [2.24, 2.45) is 0 Å². The number of ether oxygens (including phenoxy) is 2. The maximum absolute atomic E-state index is 5.53. The lowest BCUT2D eigenvalue weighted by Gasteiger charge is -2.36. The van der Waals surface area contributed by atoms with E-state index in [1.165, 1.54) is 17.7 Å². The number of thioether (sulfide) groups is 1. The molecular formula is C18H28N2O2S. The molecule has 2 fully saturated rings. The molecule has 0 aliphatic carbocycles. The van der Waals surface area contributed by atoms with Gasteiger partial charge in [0.05, 0.1) is 20.3 Å². The van der Waals surface area contributed by atoms with E-state index in [0.717, 1.165) is 43.8 Å². The SMILES string of the molecule is COc1ccc([C@H](CN[C@@H]2CCS[C@H]2C)N2CCOCC2)cc1. The quantitative estimate of drug-likeness (QED) is 0.863. The largest absolute Gasteiger partial charge is 0.497 e. The van der Waals surface area contributed by atoms with Gasteiger partial charge in [-0.25, -0.2) is 0 Å². The normalized spacial score (nSPS) is 27.0. The Bertz CT molecular complexity index is 476. The van der Waals surface area contributed by atoms with Gasteiger partial charge in [-0.3, -0.25) is 4.90 Å². The molecule has 3 rings (SSSR count). The smallest absolute Gasteiger partial charge is 0.118 e. The lowest BCUT2D eigenvalue weighted by Crippen LogP contribution is -2.45. The van der Waals surface area contributed by atoms with E-state index < -0.39 is 0 Å². The monoisotopic (exact) mass is 336 g/mol. The van der Waals surface area contributed by atoms with Gasteiger partial charge in [-0.05, 0) is 29.9 Å². The molecule has 0 unspecified atom stereocenters. The summed E-state index contributed by atoms with van der Waals surface area (Å²) in [6.45, 7) is 7.03. The van der Waals surface area contributed by atoms with Gasteiger partial charge >= 0.3 is 0 Å². The van der Waals surface area contributed by atoms with Gasteiger partial charge in [0.15, 0.2) is 0 Å². The molecule has 2 aliphatic heterocycles. The van der Waals surface area contributed by atoms with Gasteiger partial charge in [0.25, 0.3) is 0 Å². The van der Waals surface area contributed by atoms with Crippen molar-refractivity contribution < 1.29 is 9.47 Å². The van der Waals surface area contributed by atoms with Crippen molar-refractivity contribution in [3.8, 4) is 5.75 Å². The maximum Gasteiger partial charge on any atom is 0.118 e. The van der Waals surface area contributed by atoms with Gasteiger partial charge in [0, 0.05) is 37.0 Å². The number of rotatable bonds is 6. The van der Waals surface area contributed by atoms with Crippen molar-refractivity contribution in [3.05, 3.63) is 29.8 Å². The Morgan fingerprint density at radius 2 is 2.04 bits per heavy atom. The molecule has 1 aromatic carbocycles. The first-order chi connectivity index (χ1) is 11.3. The average Bonchev–Trinajstić information content (AvgIpc) is 3.02. The third-order valence-corrected chi connectivity index (χ3v) is 6.26. The highest BCUT2D eigenvalue weighted by atomic mass is 32.2. The lowest BCUT2D eigenvalue weighted by atomic mass is 10.0. The van der Waals surface area contributed by atoms with E-state index in [-0.39, 0.29) is 0 Å². The molecule has 23 heavy (non-hydrogen) atoms. The summed E-state index contributed by atoms with van der Waals surface area (Å²) in [6.07, 6.45) is 1.28. The third kappa shape index (κ3) is 4.41. The molecule has 5 heteroatoms. The Morgan fingerprint density at radius 1 is 1.30 bits per heavy atom. The summed E-state index contributed by atoms with van der Waals surface area (Å²) >= 11 is 2.08. The van der Waals surface area contributed by atoms with E-state index >= 15 is 0 Å². The molecule has 0 spiro atoms. The van der Waals surface area contributed by atoms with Crippen LogP contribution in [0.25, 0.3) is 0 Å². The van der Waals surface area contributed by atoms with Crippen LogP contribution in [0.1, 0.15) is 24.9 Å². The van der Waals surface area contributed by atoms with Gasteiger partial charge in [0.2, 0.25) is 0 Å². The molecule has 1 aromatic rings. The summed E-state index contributed by atoms with van der Waals surface area (Å²) in [7, 11) is 1.72. The van der Waals surface area contributed by atoms with Crippen LogP contribution < -0.4 is 10.1 Å². The van der Waals surface area contributed by atoms with Crippen LogP contribution in [-0.4, -0.2) is 61.9 Å². The second-order valence-corrected chi connectivity index (χ2v) is 7.80. The molecule has 3 atom stereocenters. The fourth-order valence-electron chi connectivity index (χ4n) is 3.44. The third-order valence-electron chi connectivity index (χ3n) is 4.94. The van der Waals surface area contributed by atoms with E-state index in [1.54, 1.807) is 7.11 Å². The molecule has 2 aliphatic rings. The van der Waals surface area contributed by atoms with E-state index in [2.05, 4.69) is 53.2 Å². The zero-order chi connectivity index (χ0) is 16.1. The van der Waals surface area contributed by atoms with Crippen molar-refractivity contribution in [2.45, 2.75) is 30.7 Å². The molecule has 0 aromatic heterocycles. The summed E-state index contributed by atoms with van der Waals surface area (Å²) in [6, 6.07) is 9.58. The second-order valence-electron chi connectivity index (χ2n) is 6.32. The van der Waals surface area contributed by atoms with Crippen LogP contribution in [0.2, 0.25) is 0 Å². The zero-order valence-electron chi connectivity index (χ0n) is 14.2. The first kappa shape index (κ1) is 17.1. The first-order valence-corrected chi connectivity index (χ1v) is 9.63. The molecule has 0 bridgehead atoms. The topological polar surface area (TPSA) is 33.7 Å². The summed E-state index contributed by atoms with van der Waals surface area (Å²) < 4.78 is 10.8. The number of hydrogen-bond acceptors (Lipinski definition) is 5. The number of nitrogens with zero attached hydrogens (tertiary/aromatic N) is 1. The summed E-state index contributed by atoms with van der Waals surface area (Å²) in [5.41, 5.74) is 1.36. The molecule has 1 N–H and O–H groups in total. The molecule has 0 amide bonds. The maximum atomic E-state index is 5.53. The van der Waals surface area contributed by atoms with Gasteiger partial charge in [-0.2, -0.15) is 11.8 Å². The highest BCUT2D eigenvalue weighted by molar-refractivity contribution is 8.00. The van der Waals surface area contributed by atoms with Crippen LogP contribution in [0.5, 0.6) is 5.75 Å². The Labute approximate surface area is 143 Å². The van der Waals surface area contributed by atoms with Crippen LogP contribution in [0.15, 0.2) is 24.3 Å². The van der Waals surface area contributed by atoms with E-state index in [9.17, 15) is 0 Å². The molecule has 4 nitrogen and oxygen atoms in total. The number of methoxy groups -OCH3 is 1. The van der Waals surface area contributed by atoms with Crippen LogP contribution in [0.3, 0.4) is 0 Å². The van der Waals surface area contributed by atoms with Crippen molar-refractivity contribution in [1.82, 2.24) is 10.2 Å². The van der Waals surface area contributed by atoms with Crippen LogP contribution in [0, 0.1) is 0 Å². The summed E-state index contributed by atoms with van der Waals surface area (Å²) in [4.78, 5) is 2.55. The van der Waals surface area contributed by atoms with E-state index in [0.29, 0.717) is 12.1 Å².